The molecule has 0 saturated heterocycles. The number of rotatable bonds is 5. The van der Waals surface area contributed by atoms with Gasteiger partial charge in [-0.25, -0.2) is 4.98 Å². The van der Waals surface area contributed by atoms with Crippen LogP contribution in [0.2, 0.25) is 0 Å². The van der Waals surface area contributed by atoms with Gasteiger partial charge in [0.25, 0.3) is 0 Å². The van der Waals surface area contributed by atoms with E-state index in [1.54, 1.807) is 0 Å². The van der Waals surface area contributed by atoms with Gasteiger partial charge in [0.15, 0.2) is 0 Å². The van der Waals surface area contributed by atoms with Crippen molar-refractivity contribution in [1.29, 1.82) is 0 Å². The zero-order valence-corrected chi connectivity index (χ0v) is 13.2. The summed E-state index contributed by atoms with van der Waals surface area (Å²) < 4.78 is 5.70. The van der Waals surface area contributed by atoms with E-state index in [0.717, 1.165) is 42.0 Å². The molecule has 0 saturated carbocycles. The molecule has 0 radical (unpaired) electrons. The highest BCUT2D eigenvalue weighted by Gasteiger charge is 2.02. The number of hydrogen-bond donors (Lipinski definition) is 0. The van der Waals surface area contributed by atoms with Crippen LogP contribution in [0.1, 0.15) is 25.3 Å². The Morgan fingerprint density at radius 2 is 1.77 bits per heavy atom. The molecule has 112 valence electrons. The summed E-state index contributed by atoms with van der Waals surface area (Å²) in [6, 6.07) is 18.7. The van der Waals surface area contributed by atoms with Gasteiger partial charge in [0.05, 0.1) is 17.8 Å². The maximum atomic E-state index is 5.70. The molecule has 0 atom stereocenters. The van der Waals surface area contributed by atoms with Crippen molar-refractivity contribution in [3.8, 4) is 17.0 Å². The van der Waals surface area contributed by atoms with Crippen molar-refractivity contribution in [2.75, 3.05) is 6.61 Å². The lowest BCUT2D eigenvalue weighted by molar-refractivity contribution is 0.309. The first-order valence-corrected chi connectivity index (χ1v) is 7.87. The van der Waals surface area contributed by atoms with Gasteiger partial charge in [-0.1, -0.05) is 31.0 Å². The van der Waals surface area contributed by atoms with Gasteiger partial charge in [0, 0.05) is 10.9 Å². The van der Waals surface area contributed by atoms with Crippen LogP contribution in [0.15, 0.2) is 54.6 Å². The Balaban J connectivity index is 1.82. The molecule has 0 amide bonds. The smallest absolute Gasteiger partial charge is 0.119 e. The third-order valence-corrected chi connectivity index (χ3v) is 3.76. The SMILES string of the molecule is CCCCOc1ccc(-c2ccc3cc(C)ccc3n2)cc1. The molecule has 0 bridgehead atoms. The van der Waals surface area contributed by atoms with Gasteiger partial charge in [-0.2, -0.15) is 0 Å². The maximum Gasteiger partial charge on any atom is 0.119 e. The van der Waals surface area contributed by atoms with Gasteiger partial charge >= 0.3 is 0 Å². The zero-order chi connectivity index (χ0) is 15.4. The summed E-state index contributed by atoms with van der Waals surface area (Å²) in [6.07, 6.45) is 2.24. The van der Waals surface area contributed by atoms with E-state index in [1.165, 1.54) is 10.9 Å². The highest BCUT2D eigenvalue weighted by molar-refractivity contribution is 5.82. The Bertz CT molecular complexity index is 762. The standard InChI is InChI=1S/C20H21NO/c1-3-4-13-22-18-9-6-16(7-10-18)19-12-8-17-14-15(2)5-11-20(17)21-19/h5-12,14H,3-4,13H2,1-2H3. The molecule has 2 aromatic carbocycles. The Morgan fingerprint density at radius 1 is 0.955 bits per heavy atom. The van der Waals surface area contributed by atoms with Crippen molar-refractivity contribution >= 4 is 10.9 Å². The Hall–Kier alpha value is -2.35. The van der Waals surface area contributed by atoms with Gasteiger partial charge in [-0.3, -0.25) is 0 Å². The molecule has 3 aromatic rings. The summed E-state index contributed by atoms with van der Waals surface area (Å²) >= 11 is 0. The average molecular weight is 291 g/mol. The quantitative estimate of drug-likeness (QED) is 0.588. The molecular formula is C20H21NO. The van der Waals surface area contributed by atoms with Gasteiger partial charge in [0.1, 0.15) is 5.75 Å². The number of aromatic nitrogens is 1. The molecule has 3 rings (SSSR count). The molecule has 22 heavy (non-hydrogen) atoms. The largest absolute Gasteiger partial charge is 0.494 e. The summed E-state index contributed by atoms with van der Waals surface area (Å²) in [5.41, 5.74) is 4.41. The molecule has 0 unspecified atom stereocenters. The van der Waals surface area contributed by atoms with Crippen molar-refractivity contribution in [3.63, 3.8) is 0 Å². The highest BCUT2D eigenvalue weighted by atomic mass is 16.5. The third kappa shape index (κ3) is 3.28. The lowest BCUT2D eigenvalue weighted by Crippen LogP contribution is -1.96. The van der Waals surface area contributed by atoms with Crippen molar-refractivity contribution in [2.24, 2.45) is 0 Å². The van der Waals surface area contributed by atoms with E-state index in [0.29, 0.717) is 0 Å². The van der Waals surface area contributed by atoms with Gasteiger partial charge < -0.3 is 4.74 Å². The second-order valence-electron chi connectivity index (χ2n) is 5.62. The topological polar surface area (TPSA) is 22.1 Å². The predicted octanol–water partition coefficient (Wildman–Crippen LogP) is 5.39. The third-order valence-electron chi connectivity index (χ3n) is 3.76. The maximum absolute atomic E-state index is 5.70. The van der Waals surface area contributed by atoms with E-state index >= 15 is 0 Å². The van der Waals surface area contributed by atoms with Crippen LogP contribution in [-0.2, 0) is 0 Å². The number of unbranched alkanes of at least 4 members (excludes halogenated alkanes) is 1. The van der Waals surface area contributed by atoms with E-state index in [4.69, 9.17) is 9.72 Å². The van der Waals surface area contributed by atoms with Crippen molar-refractivity contribution in [3.05, 3.63) is 60.2 Å². The average Bonchev–Trinajstić information content (AvgIpc) is 2.55. The first kappa shape index (κ1) is 14.6. The molecular weight excluding hydrogens is 270 g/mol. The minimum atomic E-state index is 0.781. The molecule has 2 heteroatoms. The predicted molar refractivity (Wildman–Crippen MR) is 92.3 cm³/mol. The molecule has 0 fully saturated rings. The second-order valence-corrected chi connectivity index (χ2v) is 5.62. The molecule has 0 aliphatic heterocycles. The lowest BCUT2D eigenvalue weighted by Gasteiger charge is -2.07. The number of ether oxygens (including phenoxy) is 1. The lowest BCUT2D eigenvalue weighted by atomic mass is 10.1. The molecule has 1 aromatic heterocycles. The number of hydrogen-bond acceptors (Lipinski definition) is 2. The normalized spacial score (nSPS) is 10.8. The fraction of sp³-hybridized carbons (Fsp3) is 0.250. The van der Waals surface area contributed by atoms with Crippen LogP contribution in [0.5, 0.6) is 5.75 Å². The summed E-state index contributed by atoms with van der Waals surface area (Å²) in [7, 11) is 0. The summed E-state index contributed by atoms with van der Waals surface area (Å²) in [5.74, 6) is 0.925. The monoisotopic (exact) mass is 291 g/mol. The summed E-state index contributed by atoms with van der Waals surface area (Å²) in [6.45, 7) is 5.05. The fourth-order valence-corrected chi connectivity index (χ4v) is 2.46. The van der Waals surface area contributed by atoms with Gasteiger partial charge in [0.2, 0.25) is 0 Å². The van der Waals surface area contributed by atoms with Crippen LogP contribution in [0, 0.1) is 6.92 Å². The molecule has 0 spiro atoms. The highest BCUT2D eigenvalue weighted by Crippen LogP contribution is 2.24. The van der Waals surface area contributed by atoms with E-state index < -0.39 is 0 Å². The first-order valence-electron chi connectivity index (χ1n) is 7.87. The van der Waals surface area contributed by atoms with Crippen molar-refractivity contribution in [2.45, 2.75) is 26.7 Å². The zero-order valence-electron chi connectivity index (χ0n) is 13.2. The molecule has 0 aliphatic rings. The van der Waals surface area contributed by atoms with Crippen molar-refractivity contribution in [1.82, 2.24) is 4.98 Å². The minimum absolute atomic E-state index is 0.781. The van der Waals surface area contributed by atoms with Crippen LogP contribution in [-0.4, -0.2) is 11.6 Å². The van der Waals surface area contributed by atoms with Gasteiger partial charge in [-0.05, 0) is 55.8 Å². The molecule has 1 heterocycles. The number of benzene rings is 2. The van der Waals surface area contributed by atoms with Gasteiger partial charge in [-0.15, -0.1) is 0 Å². The number of nitrogens with zero attached hydrogens (tertiary/aromatic N) is 1. The van der Waals surface area contributed by atoms with Crippen LogP contribution in [0.4, 0.5) is 0 Å². The fourth-order valence-electron chi connectivity index (χ4n) is 2.46. The summed E-state index contributed by atoms with van der Waals surface area (Å²) in [5, 5.41) is 1.18. The van der Waals surface area contributed by atoms with Crippen LogP contribution in [0.3, 0.4) is 0 Å². The number of fused-ring (bicyclic) bond motifs is 1. The molecule has 2 nitrogen and oxygen atoms in total. The van der Waals surface area contributed by atoms with E-state index in [1.807, 2.05) is 12.1 Å². The molecule has 0 aliphatic carbocycles. The summed E-state index contributed by atoms with van der Waals surface area (Å²) in [4.78, 5) is 4.75. The van der Waals surface area contributed by atoms with E-state index in [-0.39, 0.29) is 0 Å². The second kappa shape index (κ2) is 6.61. The van der Waals surface area contributed by atoms with Crippen LogP contribution >= 0.6 is 0 Å². The number of aryl methyl sites for hydroxylation is 1. The van der Waals surface area contributed by atoms with Crippen LogP contribution in [0.25, 0.3) is 22.2 Å². The van der Waals surface area contributed by atoms with E-state index in [9.17, 15) is 0 Å². The van der Waals surface area contributed by atoms with Crippen molar-refractivity contribution < 1.29 is 4.74 Å². The molecule has 0 N–H and O–H groups in total. The Kier molecular flexibility index (Phi) is 4.38. The number of pyridine rings is 1. The minimum Gasteiger partial charge on any atom is -0.494 e. The first-order chi connectivity index (χ1) is 10.8. The van der Waals surface area contributed by atoms with Crippen LogP contribution < -0.4 is 4.74 Å². The Labute approximate surface area is 131 Å². The van der Waals surface area contributed by atoms with E-state index in [2.05, 4.69) is 56.3 Å². The Morgan fingerprint density at radius 3 is 2.55 bits per heavy atom.